The van der Waals surface area contributed by atoms with Crippen LogP contribution in [0.3, 0.4) is 0 Å². The molecule has 2 N–H and O–H groups in total. The van der Waals surface area contributed by atoms with Gasteiger partial charge in [-0.05, 0) is 59.7 Å². The zero-order chi connectivity index (χ0) is 26.4. The number of anilines is 2. The van der Waals surface area contributed by atoms with Gasteiger partial charge in [-0.1, -0.05) is 50.2 Å². The zero-order valence-electron chi connectivity index (χ0n) is 21.4. The molecule has 0 heterocycles. The molecule has 0 spiro atoms. The maximum Gasteiger partial charge on any atom is 0.221 e. The van der Waals surface area contributed by atoms with Gasteiger partial charge in [0.25, 0.3) is 0 Å². The van der Waals surface area contributed by atoms with Crippen LogP contribution in [0.1, 0.15) is 38.8 Å². The van der Waals surface area contributed by atoms with Crippen LogP contribution < -0.4 is 20.1 Å². The Labute approximate surface area is 217 Å². The molecule has 0 atom stereocenters. The molecular formula is C31H30N2O4. The number of ether oxygens (including phenoxy) is 2. The van der Waals surface area contributed by atoms with E-state index >= 15 is 0 Å². The summed E-state index contributed by atoms with van der Waals surface area (Å²) < 4.78 is 12.0. The fourth-order valence-electron chi connectivity index (χ4n) is 4.00. The molecule has 6 nitrogen and oxygen atoms in total. The summed E-state index contributed by atoms with van der Waals surface area (Å²) in [5.74, 6) is 2.47. The monoisotopic (exact) mass is 494 g/mol. The first kappa shape index (κ1) is 25.5. The van der Waals surface area contributed by atoms with Crippen LogP contribution in [-0.4, -0.2) is 11.8 Å². The summed E-state index contributed by atoms with van der Waals surface area (Å²) >= 11 is 0. The maximum atomic E-state index is 11.3. The highest BCUT2D eigenvalue weighted by Crippen LogP contribution is 2.35. The average Bonchev–Trinajstić information content (AvgIpc) is 2.84. The van der Waals surface area contributed by atoms with Crippen LogP contribution in [0, 0.1) is 0 Å². The van der Waals surface area contributed by atoms with Crippen molar-refractivity contribution in [3.05, 3.63) is 108 Å². The van der Waals surface area contributed by atoms with E-state index in [1.165, 1.54) is 13.8 Å². The first-order valence-corrected chi connectivity index (χ1v) is 12.0. The molecule has 0 aliphatic carbocycles. The first-order valence-electron chi connectivity index (χ1n) is 12.0. The summed E-state index contributed by atoms with van der Waals surface area (Å²) in [6.07, 6.45) is 0. The lowest BCUT2D eigenvalue weighted by Gasteiger charge is -2.26. The molecule has 0 fully saturated rings. The van der Waals surface area contributed by atoms with E-state index in [0.29, 0.717) is 34.4 Å². The Hall–Kier alpha value is -4.58. The Morgan fingerprint density at radius 2 is 0.946 bits per heavy atom. The molecule has 0 aliphatic heterocycles. The molecule has 0 aliphatic rings. The molecule has 4 aromatic carbocycles. The lowest BCUT2D eigenvalue weighted by molar-refractivity contribution is -0.115. The number of nitrogens with one attached hydrogen (secondary N) is 2. The summed E-state index contributed by atoms with van der Waals surface area (Å²) in [6, 6.07) is 30.6. The number of benzene rings is 4. The molecule has 0 saturated carbocycles. The Morgan fingerprint density at radius 3 is 1.30 bits per heavy atom. The molecule has 2 amide bonds. The minimum Gasteiger partial charge on any atom is -0.457 e. The van der Waals surface area contributed by atoms with Crippen LogP contribution in [0.5, 0.6) is 23.0 Å². The zero-order valence-corrected chi connectivity index (χ0v) is 21.4. The number of carbonyl (C=O) groups is 2. The van der Waals surface area contributed by atoms with Gasteiger partial charge in [-0.2, -0.15) is 0 Å². The van der Waals surface area contributed by atoms with E-state index in [-0.39, 0.29) is 17.2 Å². The van der Waals surface area contributed by atoms with Gasteiger partial charge in [0.2, 0.25) is 11.8 Å². The van der Waals surface area contributed by atoms with Gasteiger partial charge in [-0.25, -0.2) is 0 Å². The second-order valence-corrected chi connectivity index (χ2v) is 9.30. The minimum atomic E-state index is -0.242. The summed E-state index contributed by atoms with van der Waals surface area (Å²) in [5.41, 5.74) is 3.42. The molecular weight excluding hydrogens is 464 g/mol. The van der Waals surface area contributed by atoms with Gasteiger partial charge in [-0.15, -0.1) is 0 Å². The van der Waals surface area contributed by atoms with Gasteiger partial charge in [0.05, 0.1) is 0 Å². The summed E-state index contributed by atoms with van der Waals surface area (Å²) in [4.78, 5) is 22.6. The largest absolute Gasteiger partial charge is 0.457 e. The fourth-order valence-corrected chi connectivity index (χ4v) is 4.00. The third kappa shape index (κ3) is 6.76. The molecule has 0 unspecified atom stereocenters. The van der Waals surface area contributed by atoms with Crippen molar-refractivity contribution in [2.75, 3.05) is 10.6 Å². The van der Waals surface area contributed by atoms with Crippen LogP contribution in [0.2, 0.25) is 0 Å². The Morgan fingerprint density at radius 1 is 0.568 bits per heavy atom. The van der Waals surface area contributed by atoms with Crippen LogP contribution >= 0.6 is 0 Å². The van der Waals surface area contributed by atoms with Gasteiger partial charge >= 0.3 is 0 Å². The molecule has 0 radical (unpaired) electrons. The average molecular weight is 495 g/mol. The van der Waals surface area contributed by atoms with Crippen molar-refractivity contribution in [1.29, 1.82) is 0 Å². The van der Waals surface area contributed by atoms with Crippen LogP contribution in [-0.2, 0) is 15.0 Å². The standard InChI is InChI=1S/C31H30N2O4/c1-21(34)32-25-7-5-9-29(19-25)36-27-15-11-23(12-16-27)31(3,4)24-13-17-28(18-14-24)37-30-10-6-8-26(20-30)33-22(2)35/h5-20H,1-4H3,(H,32,34)(H,33,35). The van der Waals surface area contributed by atoms with Crippen LogP contribution in [0.15, 0.2) is 97.1 Å². The molecule has 4 aromatic rings. The smallest absolute Gasteiger partial charge is 0.221 e. The van der Waals surface area contributed by atoms with E-state index in [2.05, 4.69) is 48.7 Å². The van der Waals surface area contributed by atoms with Crippen LogP contribution in [0.25, 0.3) is 0 Å². The molecule has 0 aromatic heterocycles. The van der Waals surface area contributed by atoms with Crippen molar-refractivity contribution < 1.29 is 19.1 Å². The van der Waals surface area contributed by atoms with Crippen molar-refractivity contribution in [3.8, 4) is 23.0 Å². The number of hydrogen-bond acceptors (Lipinski definition) is 4. The topological polar surface area (TPSA) is 76.7 Å². The molecule has 0 bridgehead atoms. The van der Waals surface area contributed by atoms with E-state index in [1.54, 1.807) is 12.1 Å². The van der Waals surface area contributed by atoms with E-state index in [4.69, 9.17) is 9.47 Å². The fraction of sp³-hybridized carbons (Fsp3) is 0.161. The quantitative estimate of drug-likeness (QED) is 0.266. The van der Waals surface area contributed by atoms with Gasteiger partial charge in [0.1, 0.15) is 23.0 Å². The predicted octanol–water partition coefficient (Wildman–Crippen LogP) is 7.51. The normalized spacial score (nSPS) is 10.9. The lowest BCUT2D eigenvalue weighted by atomic mass is 9.78. The highest BCUT2D eigenvalue weighted by molar-refractivity contribution is 5.89. The number of amides is 2. The molecule has 4 rings (SSSR count). The van der Waals surface area contributed by atoms with Crippen molar-refractivity contribution >= 4 is 23.2 Å². The first-order chi connectivity index (χ1) is 17.7. The third-order valence-electron chi connectivity index (χ3n) is 5.93. The summed E-state index contributed by atoms with van der Waals surface area (Å²) in [7, 11) is 0. The second kappa shape index (κ2) is 11.0. The Balaban J connectivity index is 1.44. The van der Waals surface area contributed by atoms with Crippen molar-refractivity contribution in [1.82, 2.24) is 0 Å². The molecule has 37 heavy (non-hydrogen) atoms. The molecule has 6 heteroatoms. The SMILES string of the molecule is CC(=O)Nc1cccc(Oc2ccc(C(C)(C)c3ccc(Oc4cccc(NC(C)=O)c4)cc3)cc2)c1. The number of rotatable bonds is 8. The van der Waals surface area contributed by atoms with Gasteiger partial charge in [-0.3, -0.25) is 9.59 Å². The third-order valence-corrected chi connectivity index (χ3v) is 5.93. The van der Waals surface area contributed by atoms with E-state index in [0.717, 1.165) is 11.1 Å². The van der Waals surface area contributed by atoms with Gasteiger partial charge in [0.15, 0.2) is 0 Å². The van der Waals surface area contributed by atoms with E-state index in [1.807, 2.05) is 60.7 Å². The Bertz CT molecular complexity index is 1290. The second-order valence-electron chi connectivity index (χ2n) is 9.30. The van der Waals surface area contributed by atoms with E-state index < -0.39 is 0 Å². The summed E-state index contributed by atoms with van der Waals surface area (Å²) in [5, 5.41) is 5.52. The van der Waals surface area contributed by atoms with Gasteiger partial charge < -0.3 is 20.1 Å². The summed E-state index contributed by atoms with van der Waals surface area (Å²) in [6.45, 7) is 7.30. The maximum absolute atomic E-state index is 11.3. The molecule has 0 saturated heterocycles. The van der Waals surface area contributed by atoms with Crippen LogP contribution in [0.4, 0.5) is 11.4 Å². The minimum absolute atomic E-state index is 0.125. The van der Waals surface area contributed by atoms with Crippen molar-refractivity contribution in [2.45, 2.75) is 33.1 Å². The van der Waals surface area contributed by atoms with E-state index in [9.17, 15) is 9.59 Å². The van der Waals surface area contributed by atoms with Crippen molar-refractivity contribution in [2.24, 2.45) is 0 Å². The predicted molar refractivity (Wildman–Crippen MR) is 147 cm³/mol. The number of carbonyl (C=O) groups excluding carboxylic acids is 2. The lowest BCUT2D eigenvalue weighted by Crippen LogP contribution is -2.18. The Kier molecular flexibility index (Phi) is 7.58. The highest BCUT2D eigenvalue weighted by atomic mass is 16.5. The number of hydrogen-bond donors (Lipinski definition) is 2. The van der Waals surface area contributed by atoms with Crippen molar-refractivity contribution in [3.63, 3.8) is 0 Å². The highest BCUT2D eigenvalue weighted by Gasteiger charge is 2.23. The van der Waals surface area contributed by atoms with Gasteiger partial charge in [0, 0.05) is 42.8 Å². The molecule has 188 valence electrons.